The van der Waals surface area contributed by atoms with Gasteiger partial charge >= 0.3 is 5.97 Å². The standard InChI is InChI=1S/C37H50O21/c1-14-29(54-20(41)8-5-15-3-6-16(49-2)7-4-15)31(56-34-26(46)24(44)22(42)18(11-38)52-34)28(48)36(51-14)55-30-17-9-10-50-33(21(17)37(13-40)32(30)58-37)57-35-27(47)25(45)23(43)19(12-39)53-35/h3-10,14,17-19,21-36,38-40,42-48H,11-13H2,1-2H3/b8-5+/t14-,17+,18+,19+,21-,22+,23+,24-,25-,26+,27+,28+,29-,30-,31-,32-,33-,34-,35-,36-,37+/m0/s1. The summed E-state index contributed by atoms with van der Waals surface area (Å²) in [6, 6.07) is 6.78. The molecule has 6 aliphatic rings. The van der Waals surface area contributed by atoms with E-state index < -0.39 is 154 Å². The van der Waals surface area contributed by atoms with Gasteiger partial charge in [0.25, 0.3) is 0 Å². The van der Waals surface area contributed by atoms with Crippen LogP contribution < -0.4 is 4.74 Å². The maximum absolute atomic E-state index is 13.2. The van der Waals surface area contributed by atoms with Gasteiger partial charge in [-0.05, 0) is 36.8 Å². The summed E-state index contributed by atoms with van der Waals surface area (Å²) in [6.45, 7) is -0.527. The first-order chi connectivity index (χ1) is 27.8. The van der Waals surface area contributed by atoms with Gasteiger partial charge in [-0.2, -0.15) is 0 Å². The van der Waals surface area contributed by atoms with E-state index in [1.807, 2.05) is 0 Å². The van der Waals surface area contributed by atoms with E-state index in [0.29, 0.717) is 11.3 Å². The number of methoxy groups -OCH3 is 1. The van der Waals surface area contributed by atoms with Crippen LogP contribution in [0.5, 0.6) is 5.75 Å². The van der Waals surface area contributed by atoms with Crippen LogP contribution in [0.2, 0.25) is 0 Å². The van der Waals surface area contributed by atoms with E-state index in [-0.39, 0.29) is 0 Å². The number of esters is 1. The Balaban J connectivity index is 1.10. The predicted molar refractivity (Wildman–Crippen MR) is 186 cm³/mol. The maximum atomic E-state index is 13.2. The summed E-state index contributed by atoms with van der Waals surface area (Å²) in [6.07, 6.45) is -21.7. The lowest BCUT2D eigenvalue weighted by atomic mass is 9.85. The molecular formula is C37H50O21. The summed E-state index contributed by atoms with van der Waals surface area (Å²) in [7, 11) is 1.51. The number of ether oxygens (including phenoxy) is 10. The van der Waals surface area contributed by atoms with Crippen LogP contribution in [0.3, 0.4) is 0 Å². The van der Waals surface area contributed by atoms with Crippen molar-refractivity contribution < 1.29 is 103 Å². The monoisotopic (exact) mass is 830 g/mol. The summed E-state index contributed by atoms with van der Waals surface area (Å²) in [5.74, 6) is -1.80. The number of carbonyl (C=O) groups is 1. The minimum absolute atomic E-state index is 0.556. The van der Waals surface area contributed by atoms with E-state index in [4.69, 9.17) is 47.4 Å². The third-order valence-electron chi connectivity index (χ3n) is 11.6. The van der Waals surface area contributed by atoms with Crippen LogP contribution in [0.15, 0.2) is 42.7 Å². The van der Waals surface area contributed by atoms with Gasteiger partial charge in [0.15, 0.2) is 25.0 Å². The predicted octanol–water partition coefficient (Wildman–Crippen LogP) is -4.64. The molecule has 0 amide bonds. The fourth-order valence-electron chi connectivity index (χ4n) is 8.27. The Morgan fingerprint density at radius 3 is 1.90 bits per heavy atom. The zero-order valence-corrected chi connectivity index (χ0v) is 31.2. The van der Waals surface area contributed by atoms with Crippen molar-refractivity contribution in [3.8, 4) is 5.75 Å². The molecule has 10 N–H and O–H groups in total. The zero-order chi connectivity index (χ0) is 41.6. The molecule has 324 valence electrons. The van der Waals surface area contributed by atoms with Crippen LogP contribution in [-0.2, 0) is 47.4 Å². The molecule has 5 heterocycles. The van der Waals surface area contributed by atoms with Gasteiger partial charge < -0.3 is 98.4 Å². The van der Waals surface area contributed by atoms with Crippen molar-refractivity contribution in [3.05, 3.63) is 48.2 Å². The molecule has 58 heavy (non-hydrogen) atoms. The molecule has 1 aromatic carbocycles. The molecule has 21 heteroatoms. The maximum Gasteiger partial charge on any atom is 0.331 e. The SMILES string of the molecule is COc1ccc(/C=C/C(=O)O[C@@H]2[C@@H](O[C@@H]3O[C@H](CO)[C@@H](O)[C@H](O)[C@H]3O)[C@@H](O)[C@H](O[C@H]3[C@@H]4C=CO[C@@H](O[C@@H]5O[C@H](CO)[C@@H](O)[C@H](O)[C@H]5O)[C@H]4[C@@]4(CO)O[C@@H]34)O[C@H]2C)cc1. The van der Waals surface area contributed by atoms with Crippen LogP contribution in [0.1, 0.15) is 12.5 Å². The van der Waals surface area contributed by atoms with Gasteiger partial charge in [-0.3, -0.25) is 0 Å². The van der Waals surface area contributed by atoms with Crippen molar-refractivity contribution >= 4 is 12.0 Å². The van der Waals surface area contributed by atoms with Crippen LogP contribution >= 0.6 is 0 Å². The second-order valence-corrected chi connectivity index (χ2v) is 15.0. The minimum atomic E-state index is -1.89. The summed E-state index contributed by atoms with van der Waals surface area (Å²) in [5.41, 5.74) is -0.697. The first-order valence-corrected chi connectivity index (χ1v) is 18.8. The molecular weight excluding hydrogens is 780 g/mol. The van der Waals surface area contributed by atoms with Crippen LogP contribution in [-0.4, -0.2) is 200 Å². The van der Waals surface area contributed by atoms with E-state index in [2.05, 4.69) is 0 Å². The molecule has 21 nitrogen and oxygen atoms in total. The van der Waals surface area contributed by atoms with Gasteiger partial charge in [-0.1, -0.05) is 12.1 Å². The topological polar surface area (TPSA) is 315 Å². The molecule has 0 bridgehead atoms. The highest BCUT2D eigenvalue weighted by molar-refractivity contribution is 5.87. The van der Waals surface area contributed by atoms with E-state index >= 15 is 0 Å². The lowest BCUT2D eigenvalue weighted by Gasteiger charge is -2.47. The highest BCUT2D eigenvalue weighted by Crippen LogP contribution is 2.61. The second-order valence-electron chi connectivity index (χ2n) is 15.0. The average molecular weight is 831 g/mol. The third-order valence-corrected chi connectivity index (χ3v) is 11.6. The number of fused-ring (bicyclic) bond motifs is 3. The molecule has 4 saturated heterocycles. The van der Waals surface area contributed by atoms with Crippen LogP contribution in [0.25, 0.3) is 6.08 Å². The van der Waals surface area contributed by atoms with Crippen molar-refractivity contribution in [3.63, 3.8) is 0 Å². The van der Waals surface area contributed by atoms with E-state index in [9.17, 15) is 55.9 Å². The van der Waals surface area contributed by atoms with Crippen molar-refractivity contribution in [1.82, 2.24) is 0 Å². The third kappa shape index (κ3) is 8.01. The number of benzene rings is 1. The molecule has 1 aromatic rings. The average Bonchev–Trinajstić information content (AvgIpc) is 3.90. The van der Waals surface area contributed by atoms with Gasteiger partial charge in [-0.15, -0.1) is 0 Å². The first-order valence-electron chi connectivity index (χ1n) is 18.8. The lowest BCUT2D eigenvalue weighted by molar-refractivity contribution is -0.364. The normalized spacial score (nSPS) is 47.2. The number of rotatable bonds is 13. The molecule has 1 saturated carbocycles. The molecule has 0 spiro atoms. The molecule has 0 unspecified atom stereocenters. The Morgan fingerprint density at radius 2 is 1.31 bits per heavy atom. The van der Waals surface area contributed by atoms with Gasteiger partial charge in [0.05, 0.1) is 51.3 Å². The van der Waals surface area contributed by atoms with Crippen LogP contribution in [0, 0.1) is 11.8 Å². The molecule has 21 atom stereocenters. The smallest absolute Gasteiger partial charge is 0.331 e. The fraction of sp³-hybridized carbons (Fsp3) is 0.703. The molecule has 0 aromatic heterocycles. The van der Waals surface area contributed by atoms with E-state index in [1.165, 1.54) is 26.4 Å². The second kappa shape index (κ2) is 17.6. The molecule has 0 radical (unpaired) electrons. The number of hydrogen-bond acceptors (Lipinski definition) is 21. The van der Waals surface area contributed by atoms with E-state index in [1.54, 1.807) is 30.3 Å². The Kier molecular flexibility index (Phi) is 13.1. The highest BCUT2D eigenvalue weighted by atomic mass is 16.8. The van der Waals surface area contributed by atoms with Gasteiger partial charge in [0, 0.05) is 12.0 Å². The van der Waals surface area contributed by atoms with Crippen LogP contribution in [0.4, 0.5) is 0 Å². The zero-order valence-electron chi connectivity index (χ0n) is 31.2. The number of aliphatic hydroxyl groups excluding tert-OH is 10. The largest absolute Gasteiger partial charge is 0.497 e. The molecule has 7 rings (SSSR count). The summed E-state index contributed by atoms with van der Waals surface area (Å²) in [4.78, 5) is 13.2. The van der Waals surface area contributed by atoms with Crippen molar-refractivity contribution in [1.29, 1.82) is 0 Å². The van der Waals surface area contributed by atoms with Gasteiger partial charge in [0.1, 0.15) is 78.5 Å². The summed E-state index contributed by atoms with van der Waals surface area (Å²) in [5, 5.41) is 105. The first kappa shape index (κ1) is 43.2. The summed E-state index contributed by atoms with van der Waals surface area (Å²) >= 11 is 0. The molecule has 5 aliphatic heterocycles. The number of aliphatic hydroxyl groups is 10. The number of carbonyl (C=O) groups excluding carboxylic acids is 1. The Labute approximate surface area is 331 Å². The fourth-order valence-corrected chi connectivity index (χ4v) is 8.27. The number of hydrogen-bond donors (Lipinski definition) is 10. The Morgan fingerprint density at radius 1 is 0.724 bits per heavy atom. The summed E-state index contributed by atoms with van der Waals surface area (Å²) < 4.78 is 58.0. The van der Waals surface area contributed by atoms with Crippen molar-refractivity contribution in [2.75, 3.05) is 26.9 Å². The van der Waals surface area contributed by atoms with Crippen molar-refractivity contribution in [2.45, 2.75) is 123 Å². The quantitative estimate of drug-likeness (QED) is 0.0508. The number of epoxide rings is 1. The Hall–Kier alpha value is -2.91. The van der Waals surface area contributed by atoms with E-state index in [0.717, 1.165) is 6.08 Å². The lowest BCUT2D eigenvalue weighted by Crippen LogP contribution is -2.65. The molecule has 1 aliphatic carbocycles. The molecule has 5 fully saturated rings. The highest BCUT2D eigenvalue weighted by Gasteiger charge is 2.77. The van der Waals surface area contributed by atoms with Crippen molar-refractivity contribution in [2.24, 2.45) is 11.8 Å². The van der Waals surface area contributed by atoms with Gasteiger partial charge in [0.2, 0.25) is 6.29 Å². The minimum Gasteiger partial charge on any atom is -0.497 e. The Bertz CT molecular complexity index is 1610. The van der Waals surface area contributed by atoms with Gasteiger partial charge in [-0.25, -0.2) is 4.79 Å².